The van der Waals surface area contributed by atoms with Crippen molar-refractivity contribution < 1.29 is 17.8 Å². The van der Waals surface area contributed by atoms with Gasteiger partial charge in [0.1, 0.15) is 16.0 Å². The lowest BCUT2D eigenvalue weighted by Crippen LogP contribution is -2.33. The van der Waals surface area contributed by atoms with Crippen LogP contribution in [-0.4, -0.2) is 24.9 Å². The van der Waals surface area contributed by atoms with E-state index in [9.17, 15) is 17.8 Å². The monoisotopic (exact) mass is 153 g/mol. The summed E-state index contributed by atoms with van der Waals surface area (Å²) in [7, 11) is -4.38. The van der Waals surface area contributed by atoms with Gasteiger partial charge in [0.15, 0.2) is 0 Å². The van der Waals surface area contributed by atoms with Crippen molar-refractivity contribution in [1.29, 1.82) is 0 Å². The topological polar surface area (TPSA) is 112 Å². The highest BCUT2D eigenvalue weighted by Crippen LogP contribution is 1.73. The summed E-state index contributed by atoms with van der Waals surface area (Å²) >= 11 is 0. The molecular weight excluding hydrogens is 148 g/mol. The second kappa shape index (κ2) is 2.65. The molecule has 0 atom stereocenters. The van der Waals surface area contributed by atoms with Gasteiger partial charge in [-0.15, -0.1) is 0 Å². The van der Waals surface area contributed by atoms with E-state index < -0.39 is 22.0 Å². The summed E-state index contributed by atoms with van der Waals surface area (Å²) in [5, 5.41) is 1.62. The van der Waals surface area contributed by atoms with E-state index in [1.807, 2.05) is 0 Å². The van der Waals surface area contributed by atoms with Crippen molar-refractivity contribution in [3.8, 4) is 0 Å². The molecule has 0 saturated carbocycles. The van der Waals surface area contributed by atoms with Crippen LogP contribution in [0.2, 0.25) is 0 Å². The average molecular weight is 153 g/mol. The van der Waals surface area contributed by atoms with E-state index in [-0.39, 0.29) is 0 Å². The first-order valence-corrected chi connectivity index (χ1v) is 3.46. The third kappa shape index (κ3) is 7.18. The Kier molecular flexibility index (Phi) is 2.41. The summed E-state index contributed by atoms with van der Waals surface area (Å²) < 4.78 is 29.1. The zero-order valence-electron chi connectivity index (χ0n) is 4.33. The molecule has 0 fully saturated rings. The molecule has 0 aliphatic carbocycles. The summed E-state index contributed by atoms with van der Waals surface area (Å²) in [6.45, 7) is 0. The van der Waals surface area contributed by atoms with E-state index >= 15 is 0 Å². The second-order valence-electron chi connectivity index (χ2n) is 1.24. The van der Waals surface area contributed by atoms with Gasteiger partial charge in [0.05, 0.1) is 0 Å². The molecule has 9 heavy (non-hydrogen) atoms. The van der Waals surface area contributed by atoms with Crippen LogP contribution in [0.1, 0.15) is 0 Å². The first kappa shape index (κ1) is 8.18. The Morgan fingerprint density at radius 2 is 2.11 bits per heavy atom. The van der Waals surface area contributed by atoms with E-state index in [0.717, 1.165) is 0 Å². The minimum Gasteiger partial charge on any atom is -0.747 e. The lowest BCUT2D eigenvalue weighted by atomic mass is 11.0. The lowest BCUT2D eigenvalue weighted by molar-refractivity contribution is 0.250. The number of amides is 2. The van der Waals surface area contributed by atoms with Gasteiger partial charge in [-0.25, -0.2) is 13.2 Å². The Balaban J connectivity index is 3.67. The van der Waals surface area contributed by atoms with Crippen molar-refractivity contribution in [3.63, 3.8) is 0 Å². The van der Waals surface area contributed by atoms with Crippen molar-refractivity contribution in [2.24, 2.45) is 5.73 Å². The molecule has 0 aromatic heterocycles. The van der Waals surface area contributed by atoms with Crippen LogP contribution in [0.25, 0.3) is 0 Å². The zero-order valence-corrected chi connectivity index (χ0v) is 5.14. The van der Waals surface area contributed by atoms with Gasteiger partial charge in [0.25, 0.3) is 0 Å². The van der Waals surface area contributed by atoms with Crippen LogP contribution in [0.3, 0.4) is 0 Å². The Hall–Kier alpha value is -0.820. The highest BCUT2D eigenvalue weighted by Gasteiger charge is 1.94. The zero-order chi connectivity index (χ0) is 7.49. The number of hydrogen-bond acceptors (Lipinski definition) is 4. The predicted octanol–water partition coefficient (Wildman–Crippen LogP) is -1.84. The van der Waals surface area contributed by atoms with E-state index in [2.05, 4.69) is 5.73 Å². The lowest BCUT2D eigenvalue weighted by Gasteiger charge is -2.04. The molecule has 2 amide bonds. The Labute approximate surface area is 51.8 Å². The van der Waals surface area contributed by atoms with Crippen LogP contribution in [0.5, 0.6) is 0 Å². The molecule has 0 unspecified atom stereocenters. The van der Waals surface area contributed by atoms with Crippen LogP contribution in [0.4, 0.5) is 4.79 Å². The normalized spacial score (nSPS) is 10.8. The van der Waals surface area contributed by atoms with Crippen molar-refractivity contribution in [1.82, 2.24) is 5.32 Å². The molecule has 0 heterocycles. The number of primary amides is 1. The molecular formula is C2H5N2O4S-. The molecule has 54 valence electrons. The minimum absolute atomic E-state index is 0.956. The first-order valence-electron chi connectivity index (χ1n) is 1.89. The number of nitrogens with one attached hydrogen (secondary N) is 1. The van der Waals surface area contributed by atoms with Crippen LogP contribution < -0.4 is 11.1 Å². The van der Waals surface area contributed by atoms with Gasteiger partial charge in [0, 0.05) is 0 Å². The van der Waals surface area contributed by atoms with Crippen molar-refractivity contribution in [2.45, 2.75) is 0 Å². The maximum atomic E-state index is 9.75. The number of carbonyl (C=O) groups is 1. The average Bonchev–Trinajstić information content (AvgIpc) is 1.59. The number of hydrogen-bond donors (Lipinski definition) is 2. The highest BCUT2D eigenvalue weighted by atomic mass is 32.2. The Morgan fingerprint density at radius 3 is 2.22 bits per heavy atom. The molecule has 0 rings (SSSR count). The quantitative estimate of drug-likeness (QED) is 0.453. The number of urea groups is 1. The van der Waals surface area contributed by atoms with Crippen LogP contribution in [0.15, 0.2) is 0 Å². The van der Waals surface area contributed by atoms with Gasteiger partial charge in [0.2, 0.25) is 0 Å². The number of rotatable bonds is 2. The van der Waals surface area contributed by atoms with Crippen LogP contribution in [0, 0.1) is 0 Å². The highest BCUT2D eigenvalue weighted by molar-refractivity contribution is 7.85. The summed E-state index contributed by atoms with van der Waals surface area (Å²) in [6, 6.07) is -1.03. The molecule has 0 aliphatic heterocycles. The molecule has 0 spiro atoms. The maximum Gasteiger partial charge on any atom is 0.312 e. The van der Waals surface area contributed by atoms with Gasteiger partial charge >= 0.3 is 6.03 Å². The van der Waals surface area contributed by atoms with E-state index in [1.165, 1.54) is 0 Å². The van der Waals surface area contributed by atoms with Crippen molar-refractivity contribution in [3.05, 3.63) is 0 Å². The standard InChI is InChI=1S/C2H6N2O4S/c3-2(5)4-1-9(6,7)8/h1H2,(H3,3,4,5)(H,6,7,8)/p-1. The molecule has 0 aromatic rings. The SMILES string of the molecule is NC(=O)NCS(=O)(=O)[O-]. The fraction of sp³-hybridized carbons (Fsp3) is 0.500. The number of nitrogens with two attached hydrogens (primary N) is 1. The largest absolute Gasteiger partial charge is 0.747 e. The van der Waals surface area contributed by atoms with Gasteiger partial charge in [-0.1, -0.05) is 0 Å². The fourth-order valence-corrected chi connectivity index (χ4v) is 0.479. The molecule has 6 nitrogen and oxygen atoms in total. The summed E-state index contributed by atoms with van der Waals surface area (Å²) in [6.07, 6.45) is 0. The Morgan fingerprint density at radius 1 is 1.67 bits per heavy atom. The molecule has 0 radical (unpaired) electrons. The Bertz CT molecular complexity index is 195. The molecule has 0 saturated heterocycles. The van der Waals surface area contributed by atoms with Crippen LogP contribution in [-0.2, 0) is 10.1 Å². The first-order chi connectivity index (χ1) is 3.92. The summed E-state index contributed by atoms with van der Waals surface area (Å²) in [4.78, 5) is 9.75. The summed E-state index contributed by atoms with van der Waals surface area (Å²) in [5.74, 6) is -0.956. The molecule has 0 bridgehead atoms. The third-order valence-corrected chi connectivity index (χ3v) is 0.921. The van der Waals surface area contributed by atoms with Crippen molar-refractivity contribution >= 4 is 16.1 Å². The molecule has 7 heteroatoms. The molecule has 0 aromatic carbocycles. The van der Waals surface area contributed by atoms with E-state index in [0.29, 0.717) is 0 Å². The molecule has 3 N–H and O–H groups in total. The van der Waals surface area contributed by atoms with E-state index in [1.54, 1.807) is 5.32 Å². The van der Waals surface area contributed by atoms with Gasteiger partial charge < -0.3 is 15.6 Å². The van der Waals surface area contributed by atoms with Crippen LogP contribution >= 0.6 is 0 Å². The van der Waals surface area contributed by atoms with Gasteiger partial charge in [-0.05, 0) is 0 Å². The smallest absolute Gasteiger partial charge is 0.312 e. The molecule has 0 aliphatic rings. The van der Waals surface area contributed by atoms with Crippen molar-refractivity contribution in [2.75, 3.05) is 5.88 Å². The van der Waals surface area contributed by atoms with Gasteiger partial charge in [-0.2, -0.15) is 0 Å². The predicted molar refractivity (Wildman–Crippen MR) is 27.3 cm³/mol. The van der Waals surface area contributed by atoms with Gasteiger partial charge in [-0.3, -0.25) is 0 Å². The summed E-state index contributed by atoms with van der Waals surface area (Å²) in [5.41, 5.74) is 4.45. The second-order valence-corrected chi connectivity index (χ2v) is 2.65. The number of carbonyl (C=O) groups excluding carboxylic acids is 1. The third-order valence-electron chi connectivity index (χ3n) is 0.423. The fourth-order valence-electron chi connectivity index (χ4n) is 0.160. The minimum atomic E-state index is -4.38. The maximum absolute atomic E-state index is 9.75. The van der Waals surface area contributed by atoms with E-state index in [4.69, 9.17) is 0 Å².